The predicted octanol–water partition coefficient (Wildman–Crippen LogP) is 2.25. The molecule has 0 bridgehead atoms. The highest BCUT2D eigenvalue weighted by molar-refractivity contribution is 5.85. The first-order valence-corrected chi connectivity index (χ1v) is 5.76. The van der Waals surface area contributed by atoms with E-state index in [1.54, 1.807) is 12.1 Å². The van der Waals surface area contributed by atoms with E-state index < -0.39 is 5.82 Å². The van der Waals surface area contributed by atoms with Crippen LogP contribution in [0.25, 0.3) is 0 Å². The Balaban J connectivity index is 2.33. The van der Waals surface area contributed by atoms with Gasteiger partial charge < -0.3 is 9.64 Å². The van der Waals surface area contributed by atoms with Crippen molar-refractivity contribution >= 4 is 12.0 Å². The number of hydrogen-bond acceptors (Lipinski definition) is 3. The van der Waals surface area contributed by atoms with Gasteiger partial charge >= 0.3 is 0 Å². The summed E-state index contributed by atoms with van der Waals surface area (Å²) in [6, 6.07) is 4.71. The van der Waals surface area contributed by atoms with Crippen LogP contribution >= 0.6 is 0 Å². The van der Waals surface area contributed by atoms with Crippen molar-refractivity contribution in [3.05, 3.63) is 29.6 Å². The minimum Gasteiger partial charge on any atom is -0.372 e. The van der Waals surface area contributed by atoms with Crippen LogP contribution < -0.4 is 4.90 Å². The van der Waals surface area contributed by atoms with Crippen molar-refractivity contribution in [2.45, 2.75) is 26.1 Å². The maximum absolute atomic E-state index is 13.5. The van der Waals surface area contributed by atoms with Crippen LogP contribution in [0.1, 0.15) is 24.2 Å². The molecule has 3 nitrogen and oxygen atoms in total. The summed E-state index contributed by atoms with van der Waals surface area (Å²) in [7, 11) is 0. The average molecular weight is 237 g/mol. The summed E-state index contributed by atoms with van der Waals surface area (Å²) in [5.74, 6) is -0.468. The third-order valence-electron chi connectivity index (χ3n) is 2.91. The van der Waals surface area contributed by atoms with Crippen LogP contribution in [-0.4, -0.2) is 31.6 Å². The number of benzene rings is 1. The molecule has 4 heteroatoms. The first-order chi connectivity index (χ1) is 8.11. The fourth-order valence-corrected chi connectivity index (χ4v) is 2.29. The molecule has 0 amide bonds. The molecule has 92 valence electrons. The van der Waals surface area contributed by atoms with Crippen LogP contribution in [0.2, 0.25) is 0 Å². The molecule has 0 aromatic heterocycles. The van der Waals surface area contributed by atoms with Gasteiger partial charge in [0, 0.05) is 13.1 Å². The summed E-state index contributed by atoms with van der Waals surface area (Å²) in [4.78, 5) is 13.0. The van der Waals surface area contributed by atoms with Gasteiger partial charge in [0.2, 0.25) is 0 Å². The SMILES string of the molecule is C[C@@H]1CN(c2cccc(F)c2C=O)C[C@H](C)O1. The molecule has 2 rings (SSSR count). The molecule has 0 radical (unpaired) electrons. The van der Waals surface area contributed by atoms with Crippen molar-refractivity contribution < 1.29 is 13.9 Å². The van der Waals surface area contributed by atoms with Crippen LogP contribution in [0.4, 0.5) is 10.1 Å². The molecule has 1 aromatic rings. The highest BCUT2D eigenvalue weighted by atomic mass is 19.1. The first kappa shape index (κ1) is 12.0. The third kappa shape index (κ3) is 2.47. The standard InChI is InChI=1S/C13H16FNO2/c1-9-6-15(7-10(2)17-9)13-5-3-4-12(14)11(13)8-16/h3-5,8-10H,6-7H2,1-2H3/t9-,10+. The lowest BCUT2D eigenvalue weighted by atomic mass is 10.1. The smallest absolute Gasteiger partial charge is 0.155 e. The number of aldehydes is 1. The van der Waals surface area contributed by atoms with E-state index in [0.717, 1.165) is 0 Å². The summed E-state index contributed by atoms with van der Waals surface area (Å²) in [6.07, 6.45) is 0.748. The molecular weight excluding hydrogens is 221 g/mol. The zero-order valence-corrected chi connectivity index (χ0v) is 10.0. The van der Waals surface area contributed by atoms with Crippen LogP contribution in [-0.2, 0) is 4.74 Å². The van der Waals surface area contributed by atoms with Gasteiger partial charge in [0.25, 0.3) is 0 Å². The second-order valence-electron chi connectivity index (χ2n) is 4.45. The van der Waals surface area contributed by atoms with Gasteiger partial charge in [0.1, 0.15) is 5.82 Å². The Hall–Kier alpha value is -1.42. The quantitative estimate of drug-likeness (QED) is 0.739. The molecule has 0 saturated carbocycles. The Labute approximate surface area is 100 Å². The van der Waals surface area contributed by atoms with E-state index in [0.29, 0.717) is 25.1 Å². The number of carbonyl (C=O) groups is 1. The van der Waals surface area contributed by atoms with E-state index in [4.69, 9.17) is 4.74 Å². The average Bonchev–Trinajstić information content (AvgIpc) is 2.27. The molecule has 0 aliphatic carbocycles. The Morgan fingerprint density at radius 1 is 1.35 bits per heavy atom. The molecule has 2 atom stereocenters. The minimum atomic E-state index is -0.468. The van der Waals surface area contributed by atoms with Crippen molar-refractivity contribution in [2.75, 3.05) is 18.0 Å². The number of ether oxygens (including phenoxy) is 1. The zero-order valence-electron chi connectivity index (χ0n) is 10.0. The van der Waals surface area contributed by atoms with E-state index in [1.165, 1.54) is 6.07 Å². The van der Waals surface area contributed by atoms with Crippen LogP contribution in [0.3, 0.4) is 0 Å². The Kier molecular flexibility index (Phi) is 3.43. The maximum Gasteiger partial charge on any atom is 0.155 e. The van der Waals surface area contributed by atoms with Crippen LogP contribution in [0.15, 0.2) is 18.2 Å². The lowest BCUT2D eigenvalue weighted by Crippen LogP contribution is -2.45. The fourth-order valence-electron chi connectivity index (χ4n) is 2.29. The van der Waals surface area contributed by atoms with E-state index in [9.17, 15) is 9.18 Å². The second kappa shape index (κ2) is 4.84. The van der Waals surface area contributed by atoms with Crippen LogP contribution in [0.5, 0.6) is 0 Å². The molecule has 0 unspecified atom stereocenters. The minimum absolute atomic E-state index is 0.0847. The third-order valence-corrected chi connectivity index (χ3v) is 2.91. The van der Waals surface area contributed by atoms with Gasteiger partial charge in [0.15, 0.2) is 6.29 Å². The number of rotatable bonds is 2. The van der Waals surface area contributed by atoms with Crippen molar-refractivity contribution in [1.82, 2.24) is 0 Å². The first-order valence-electron chi connectivity index (χ1n) is 5.76. The normalized spacial score (nSPS) is 24.8. The van der Waals surface area contributed by atoms with Gasteiger partial charge in [-0.3, -0.25) is 4.79 Å². The van der Waals surface area contributed by atoms with E-state index >= 15 is 0 Å². The van der Waals surface area contributed by atoms with E-state index in [-0.39, 0.29) is 17.8 Å². The Morgan fingerprint density at radius 3 is 2.59 bits per heavy atom. The van der Waals surface area contributed by atoms with Gasteiger partial charge in [-0.1, -0.05) is 6.07 Å². The second-order valence-corrected chi connectivity index (χ2v) is 4.45. The summed E-state index contributed by atoms with van der Waals surface area (Å²) >= 11 is 0. The number of nitrogens with zero attached hydrogens (tertiary/aromatic N) is 1. The molecule has 1 heterocycles. The number of morpholine rings is 1. The van der Waals surface area contributed by atoms with Crippen molar-refractivity contribution in [1.29, 1.82) is 0 Å². The zero-order chi connectivity index (χ0) is 12.4. The molecule has 0 N–H and O–H groups in total. The van der Waals surface area contributed by atoms with Crippen molar-refractivity contribution in [3.8, 4) is 0 Å². The van der Waals surface area contributed by atoms with E-state index in [2.05, 4.69) is 0 Å². The lowest BCUT2D eigenvalue weighted by molar-refractivity contribution is -0.00527. The van der Waals surface area contributed by atoms with Gasteiger partial charge in [-0.05, 0) is 26.0 Å². The van der Waals surface area contributed by atoms with Gasteiger partial charge in [0.05, 0.1) is 23.5 Å². The summed E-state index contributed by atoms with van der Waals surface area (Å²) in [5, 5.41) is 0. The highest BCUT2D eigenvalue weighted by Crippen LogP contribution is 2.25. The number of carbonyl (C=O) groups excluding carboxylic acids is 1. The molecule has 1 aromatic carbocycles. The number of anilines is 1. The highest BCUT2D eigenvalue weighted by Gasteiger charge is 2.24. The van der Waals surface area contributed by atoms with Gasteiger partial charge in [-0.15, -0.1) is 0 Å². The summed E-state index contributed by atoms with van der Waals surface area (Å²) in [5.41, 5.74) is 0.788. The monoisotopic (exact) mass is 237 g/mol. The molecule has 17 heavy (non-hydrogen) atoms. The van der Waals surface area contributed by atoms with Crippen molar-refractivity contribution in [3.63, 3.8) is 0 Å². The van der Waals surface area contributed by atoms with Gasteiger partial charge in [-0.2, -0.15) is 0 Å². The molecule has 1 saturated heterocycles. The largest absolute Gasteiger partial charge is 0.372 e. The van der Waals surface area contributed by atoms with Crippen molar-refractivity contribution in [2.24, 2.45) is 0 Å². The van der Waals surface area contributed by atoms with Crippen LogP contribution in [0, 0.1) is 5.82 Å². The molecular formula is C13H16FNO2. The number of hydrogen-bond donors (Lipinski definition) is 0. The summed E-state index contributed by atoms with van der Waals surface area (Å²) < 4.78 is 19.1. The van der Waals surface area contributed by atoms with Gasteiger partial charge in [-0.25, -0.2) is 4.39 Å². The molecule has 1 fully saturated rings. The topological polar surface area (TPSA) is 29.5 Å². The summed E-state index contributed by atoms with van der Waals surface area (Å²) in [6.45, 7) is 5.30. The molecule has 1 aliphatic rings. The maximum atomic E-state index is 13.5. The number of halogens is 1. The Morgan fingerprint density at radius 2 is 2.00 bits per heavy atom. The molecule has 0 spiro atoms. The fraction of sp³-hybridized carbons (Fsp3) is 0.462. The predicted molar refractivity (Wildman–Crippen MR) is 64.0 cm³/mol. The van der Waals surface area contributed by atoms with E-state index in [1.807, 2.05) is 18.7 Å². The molecule has 1 aliphatic heterocycles. The lowest BCUT2D eigenvalue weighted by Gasteiger charge is -2.37. The Bertz CT molecular complexity index is 412.